The van der Waals surface area contributed by atoms with Crippen LogP contribution < -0.4 is 9.47 Å². The van der Waals surface area contributed by atoms with Gasteiger partial charge >= 0.3 is 0 Å². The van der Waals surface area contributed by atoms with Gasteiger partial charge in [-0.1, -0.05) is 172 Å². The van der Waals surface area contributed by atoms with Crippen molar-refractivity contribution < 1.29 is 9.47 Å². The normalized spacial score (nSPS) is 13.3. The van der Waals surface area contributed by atoms with Crippen molar-refractivity contribution >= 4 is 32.3 Å². The summed E-state index contributed by atoms with van der Waals surface area (Å²) in [5, 5.41) is 7.37. The first-order valence-corrected chi connectivity index (χ1v) is 20.1. The lowest BCUT2D eigenvalue weighted by atomic mass is 9.82. The molecule has 0 fully saturated rings. The molecular weight excluding hydrogens is 721 g/mol. The molecule has 4 heteroatoms. The monoisotopic (exact) mass is 756 g/mol. The molecule has 0 saturated carbocycles. The molecule has 0 radical (unpaired) electrons. The number of fused-ring (bicyclic) bond motifs is 12. The summed E-state index contributed by atoms with van der Waals surface area (Å²) in [6.07, 6.45) is 0. The number of hydrogen-bond acceptors (Lipinski definition) is 4. The van der Waals surface area contributed by atoms with Gasteiger partial charge in [0.05, 0.1) is 11.4 Å². The summed E-state index contributed by atoms with van der Waals surface area (Å²) >= 11 is 0. The third-order valence-corrected chi connectivity index (χ3v) is 12.4. The summed E-state index contributed by atoms with van der Waals surface area (Å²) in [6.45, 7) is 4.56. The Morgan fingerprint density at radius 1 is 0.373 bits per heavy atom. The minimum absolute atomic E-state index is 0.125. The van der Waals surface area contributed by atoms with Crippen LogP contribution in [0.3, 0.4) is 0 Å². The van der Waals surface area contributed by atoms with Crippen molar-refractivity contribution in [2.24, 2.45) is 0 Å². The average molecular weight is 757 g/mol. The molecule has 4 nitrogen and oxygen atoms in total. The summed E-state index contributed by atoms with van der Waals surface area (Å²) in [5.74, 6) is 3.61. The number of benzene rings is 9. The maximum atomic E-state index is 6.77. The SMILES string of the molecule is CC1(C)c2ccccc2-c2c1ccc1c2Oc2cccc(-c3ccc(-c4cc(-c5ccccc5)nc(-c5ccc6c7ccccc7c7ccccc7c6c5)n4)cc3)c2O1. The first kappa shape index (κ1) is 33.6. The van der Waals surface area contributed by atoms with E-state index in [2.05, 4.69) is 178 Å². The fourth-order valence-electron chi connectivity index (χ4n) is 9.42. The van der Waals surface area contributed by atoms with Crippen molar-refractivity contribution in [2.75, 3.05) is 0 Å². The van der Waals surface area contributed by atoms with Crippen LogP contribution in [-0.2, 0) is 5.41 Å². The van der Waals surface area contributed by atoms with Crippen LogP contribution in [0, 0.1) is 0 Å². The van der Waals surface area contributed by atoms with Crippen LogP contribution in [0.1, 0.15) is 25.0 Å². The van der Waals surface area contributed by atoms with E-state index in [-0.39, 0.29) is 5.41 Å². The van der Waals surface area contributed by atoms with Crippen LogP contribution in [0.25, 0.3) is 88.5 Å². The van der Waals surface area contributed by atoms with Gasteiger partial charge in [0.2, 0.25) is 0 Å². The molecule has 1 aromatic heterocycles. The van der Waals surface area contributed by atoms with E-state index in [0.29, 0.717) is 17.3 Å². The Bertz CT molecular complexity index is 3320. The van der Waals surface area contributed by atoms with Crippen molar-refractivity contribution in [1.29, 1.82) is 0 Å². The Kier molecular flexibility index (Phi) is 7.24. The second-order valence-electron chi connectivity index (χ2n) is 16.1. The summed E-state index contributed by atoms with van der Waals surface area (Å²) in [7, 11) is 0. The topological polar surface area (TPSA) is 44.2 Å². The first-order valence-electron chi connectivity index (χ1n) is 20.1. The lowest BCUT2D eigenvalue weighted by Gasteiger charge is -2.26. The van der Waals surface area contributed by atoms with Crippen molar-refractivity contribution in [2.45, 2.75) is 19.3 Å². The molecule has 59 heavy (non-hydrogen) atoms. The van der Waals surface area contributed by atoms with Crippen LogP contribution in [0.2, 0.25) is 0 Å². The van der Waals surface area contributed by atoms with Gasteiger partial charge < -0.3 is 9.47 Å². The minimum Gasteiger partial charge on any atom is -0.449 e. The van der Waals surface area contributed by atoms with Crippen molar-refractivity contribution in [3.63, 3.8) is 0 Å². The molecule has 0 spiro atoms. The van der Waals surface area contributed by atoms with Gasteiger partial charge in [-0.05, 0) is 78.8 Å². The number of rotatable bonds is 4. The fraction of sp³-hybridized carbons (Fsp3) is 0.0545. The van der Waals surface area contributed by atoms with Crippen molar-refractivity contribution in [1.82, 2.24) is 9.97 Å². The number of aromatic nitrogens is 2. The smallest absolute Gasteiger partial charge is 0.178 e. The summed E-state index contributed by atoms with van der Waals surface area (Å²) in [6, 6.07) is 64.0. The number of ether oxygens (including phenoxy) is 2. The third-order valence-electron chi connectivity index (χ3n) is 12.4. The van der Waals surface area contributed by atoms with Gasteiger partial charge in [0.15, 0.2) is 28.8 Å². The summed E-state index contributed by atoms with van der Waals surface area (Å²) < 4.78 is 13.5. The fourth-order valence-corrected chi connectivity index (χ4v) is 9.42. The molecule has 10 aromatic rings. The molecule has 2 aliphatic rings. The standard InChI is InChI=1S/C55H36N2O2/c1-55(2)45-21-11-10-19-43(45)51-46(55)29-30-50-53(51)59-49-22-12-20-37(52(49)58-50)33-23-25-35(26-24-33)48-32-47(34-13-4-3-5-14-34)56-54(57-48)36-27-28-42-40-17-7-6-15-38(40)39-16-8-9-18-41(39)44(42)31-36/h3-32H,1-2H3. The number of para-hydroxylation sites is 1. The van der Waals surface area contributed by atoms with Gasteiger partial charge in [0.25, 0.3) is 0 Å². The molecule has 0 amide bonds. The molecule has 2 heterocycles. The van der Waals surface area contributed by atoms with Gasteiger partial charge in [-0.25, -0.2) is 9.97 Å². The molecule has 1 aliphatic heterocycles. The lowest BCUT2D eigenvalue weighted by molar-refractivity contribution is 0.361. The molecule has 9 aromatic carbocycles. The lowest BCUT2D eigenvalue weighted by Crippen LogP contribution is -2.15. The Labute approximate surface area is 342 Å². The Morgan fingerprint density at radius 3 is 1.64 bits per heavy atom. The summed E-state index contributed by atoms with van der Waals surface area (Å²) in [5.41, 5.74) is 11.5. The predicted molar refractivity (Wildman–Crippen MR) is 240 cm³/mol. The highest BCUT2D eigenvalue weighted by Gasteiger charge is 2.39. The highest BCUT2D eigenvalue weighted by Crippen LogP contribution is 2.59. The van der Waals surface area contributed by atoms with E-state index in [1.165, 1.54) is 49.0 Å². The van der Waals surface area contributed by atoms with E-state index in [0.717, 1.165) is 56.3 Å². The van der Waals surface area contributed by atoms with Crippen LogP contribution in [-0.4, -0.2) is 9.97 Å². The van der Waals surface area contributed by atoms with Crippen molar-refractivity contribution in [3.8, 4) is 79.2 Å². The highest BCUT2D eigenvalue weighted by molar-refractivity contribution is 6.25. The first-order chi connectivity index (χ1) is 29.0. The Hall–Kier alpha value is -7.56. The maximum Gasteiger partial charge on any atom is 0.178 e. The van der Waals surface area contributed by atoms with Gasteiger partial charge in [0, 0.05) is 33.2 Å². The molecule has 1 aliphatic carbocycles. The van der Waals surface area contributed by atoms with E-state index in [4.69, 9.17) is 19.4 Å². The van der Waals surface area contributed by atoms with Gasteiger partial charge in [0.1, 0.15) is 0 Å². The van der Waals surface area contributed by atoms with E-state index < -0.39 is 0 Å². The van der Waals surface area contributed by atoms with E-state index >= 15 is 0 Å². The predicted octanol–water partition coefficient (Wildman–Crippen LogP) is 14.8. The summed E-state index contributed by atoms with van der Waals surface area (Å²) in [4.78, 5) is 10.4. The van der Waals surface area contributed by atoms with Crippen LogP contribution in [0.5, 0.6) is 23.0 Å². The zero-order valence-electron chi connectivity index (χ0n) is 32.5. The van der Waals surface area contributed by atoms with Gasteiger partial charge in [-0.15, -0.1) is 0 Å². The van der Waals surface area contributed by atoms with E-state index in [1.54, 1.807) is 0 Å². The molecule has 0 unspecified atom stereocenters. The molecule has 0 bridgehead atoms. The van der Waals surface area contributed by atoms with Gasteiger partial charge in [-0.2, -0.15) is 0 Å². The Morgan fingerprint density at radius 2 is 0.915 bits per heavy atom. The Balaban J connectivity index is 0.938. The van der Waals surface area contributed by atoms with E-state index in [1.807, 2.05) is 18.2 Å². The van der Waals surface area contributed by atoms with Crippen LogP contribution >= 0.6 is 0 Å². The van der Waals surface area contributed by atoms with Crippen molar-refractivity contribution in [3.05, 3.63) is 193 Å². The molecule has 0 atom stereocenters. The molecule has 0 saturated heterocycles. The quantitative estimate of drug-likeness (QED) is 0.168. The van der Waals surface area contributed by atoms with Crippen LogP contribution in [0.15, 0.2) is 182 Å². The molecule has 12 rings (SSSR count). The van der Waals surface area contributed by atoms with E-state index in [9.17, 15) is 0 Å². The zero-order chi connectivity index (χ0) is 39.2. The number of hydrogen-bond donors (Lipinski definition) is 0. The molecule has 0 N–H and O–H groups in total. The number of nitrogens with zero attached hydrogens (tertiary/aromatic N) is 2. The van der Waals surface area contributed by atoms with Crippen LogP contribution in [0.4, 0.5) is 0 Å². The largest absolute Gasteiger partial charge is 0.449 e. The highest BCUT2D eigenvalue weighted by atomic mass is 16.6. The van der Waals surface area contributed by atoms with Gasteiger partial charge in [-0.3, -0.25) is 0 Å². The third kappa shape index (κ3) is 5.16. The zero-order valence-corrected chi connectivity index (χ0v) is 32.5. The minimum atomic E-state index is -0.125. The second-order valence-corrected chi connectivity index (χ2v) is 16.1. The second kappa shape index (κ2) is 12.7. The average Bonchev–Trinajstić information content (AvgIpc) is 3.54. The maximum absolute atomic E-state index is 6.77. The molecule has 278 valence electrons. The molecular formula is C55H36N2O2.